The lowest BCUT2D eigenvalue weighted by Crippen LogP contribution is -2.40. The molecule has 0 atom stereocenters. The molecule has 2 aromatic carbocycles. The van der Waals surface area contributed by atoms with Crippen LogP contribution in [0.2, 0.25) is 0 Å². The van der Waals surface area contributed by atoms with E-state index in [-0.39, 0.29) is 17.3 Å². The number of hydrogen-bond donors (Lipinski definition) is 1. The van der Waals surface area contributed by atoms with Gasteiger partial charge < -0.3 is 4.90 Å². The number of aryl methyl sites for hydroxylation is 2. The van der Waals surface area contributed by atoms with Crippen LogP contribution in [-0.4, -0.2) is 41.8 Å². The molecule has 0 saturated carbocycles. The van der Waals surface area contributed by atoms with Crippen molar-refractivity contribution in [2.75, 3.05) is 7.05 Å². The number of amides is 1. The Balaban J connectivity index is 1.89. The highest BCUT2D eigenvalue weighted by atomic mass is 32.2. The van der Waals surface area contributed by atoms with E-state index in [1.165, 1.54) is 17.0 Å². The van der Waals surface area contributed by atoms with Crippen molar-refractivity contribution in [1.82, 2.24) is 19.6 Å². The molecule has 1 amide bonds. The lowest BCUT2D eigenvalue weighted by atomic mass is 10.1. The van der Waals surface area contributed by atoms with Crippen molar-refractivity contribution in [2.45, 2.75) is 51.6 Å². The summed E-state index contributed by atoms with van der Waals surface area (Å²) in [5.74, 6) is 0.239. The first-order chi connectivity index (χ1) is 14.4. The first-order valence-electron chi connectivity index (χ1n) is 10.00. The average molecular weight is 441 g/mol. The number of fused-ring (bicyclic) bond motifs is 1. The topological polar surface area (TPSA) is 92.3 Å². The molecule has 31 heavy (non-hydrogen) atoms. The Kier molecular flexibility index (Phi) is 6.16. The van der Waals surface area contributed by atoms with Crippen molar-refractivity contribution in [3.8, 4) is 0 Å². The van der Waals surface area contributed by atoms with Gasteiger partial charge in [0.15, 0.2) is 0 Å². The Labute approximate surface area is 183 Å². The Morgan fingerprint density at radius 3 is 2.42 bits per heavy atom. The van der Waals surface area contributed by atoms with E-state index in [2.05, 4.69) is 14.7 Å². The summed E-state index contributed by atoms with van der Waals surface area (Å²) in [4.78, 5) is 23.8. The van der Waals surface area contributed by atoms with E-state index in [9.17, 15) is 13.2 Å². The van der Waals surface area contributed by atoms with E-state index in [1.807, 2.05) is 31.2 Å². The number of nitrogens with one attached hydrogen (secondary N) is 1. The van der Waals surface area contributed by atoms with Crippen molar-refractivity contribution in [3.63, 3.8) is 0 Å². The van der Waals surface area contributed by atoms with Gasteiger partial charge in [0.25, 0.3) is 5.91 Å². The summed E-state index contributed by atoms with van der Waals surface area (Å²) in [6.07, 6.45) is 0. The zero-order chi connectivity index (χ0) is 23.0. The first-order valence-corrected chi connectivity index (χ1v) is 11.5. The lowest BCUT2D eigenvalue weighted by Gasteiger charge is -2.22. The number of carbonyl (C=O) groups is 1. The Morgan fingerprint density at radius 1 is 1.06 bits per heavy atom. The molecule has 0 fully saturated rings. The number of para-hydroxylation sites is 1. The molecule has 0 radical (unpaired) electrons. The molecule has 0 aliphatic rings. The molecule has 1 aromatic heterocycles. The molecule has 3 aromatic rings. The average Bonchev–Trinajstić information content (AvgIpc) is 2.66. The summed E-state index contributed by atoms with van der Waals surface area (Å²) in [5.41, 5.74) is 2.07. The molecule has 1 N–H and O–H groups in total. The molecule has 0 saturated heterocycles. The van der Waals surface area contributed by atoms with Gasteiger partial charge >= 0.3 is 0 Å². The minimum atomic E-state index is -3.75. The standard InChI is InChI=1S/C23H28N4O3S/c1-15-11-12-17(31(29,30)26-23(3,4)5)13-19(15)22(28)27(6)14-21-24-16(2)18-9-7-8-10-20(18)25-21/h7-13,26H,14H2,1-6H3. The normalized spacial score (nSPS) is 12.2. The van der Waals surface area contributed by atoms with Crippen LogP contribution < -0.4 is 4.72 Å². The van der Waals surface area contributed by atoms with Crippen LogP contribution >= 0.6 is 0 Å². The lowest BCUT2D eigenvalue weighted by molar-refractivity contribution is 0.0780. The van der Waals surface area contributed by atoms with Gasteiger partial charge in [0, 0.05) is 29.2 Å². The van der Waals surface area contributed by atoms with Gasteiger partial charge in [-0.2, -0.15) is 0 Å². The number of hydrogen-bond acceptors (Lipinski definition) is 5. The van der Waals surface area contributed by atoms with E-state index < -0.39 is 15.6 Å². The van der Waals surface area contributed by atoms with Crippen molar-refractivity contribution in [3.05, 3.63) is 65.1 Å². The van der Waals surface area contributed by atoms with Gasteiger partial charge in [-0.1, -0.05) is 24.3 Å². The van der Waals surface area contributed by atoms with Crippen LogP contribution in [0.3, 0.4) is 0 Å². The van der Waals surface area contributed by atoms with Crippen LogP contribution in [0.5, 0.6) is 0 Å². The zero-order valence-electron chi connectivity index (χ0n) is 18.7. The number of benzene rings is 2. The maximum Gasteiger partial charge on any atom is 0.254 e. The third-order valence-electron chi connectivity index (χ3n) is 4.76. The summed E-state index contributed by atoms with van der Waals surface area (Å²) >= 11 is 0. The van der Waals surface area contributed by atoms with E-state index in [4.69, 9.17) is 0 Å². The van der Waals surface area contributed by atoms with Gasteiger partial charge in [-0.25, -0.2) is 23.1 Å². The van der Waals surface area contributed by atoms with Crippen LogP contribution in [0, 0.1) is 13.8 Å². The SMILES string of the molecule is Cc1ccc(S(=O)(=O)NC(C)(C)C)cc1C(=O)N(C)Cc1nc(C)c2ccccc2n1. The van der Waals surface area contributed by atoms with Gasteiger partial charge in [-0.3, -0.25) is 4.79 Å². The molecule has 1 heterocycles. The van der Waals surface area contributed by atoms with E-state index in [0.717, 1.165) is 16.6 Å². The Bertz CT molecular complexity index is 1250. The summed E-state index contributed by atoms with van der Waals surface area (Å²) in [6, 6.07) is 12.3. The third-order valence-corrected chi connectivity index (χ3v) is 6.51. The fraction of sp³-hybridized carbons (Fsp3) is 0.348. The van der Waals surface area contributed by atoms with Crippen molar-refractivity contribution >= 4 is 26.8 Å². The zero-order valence-corrected chi connectivity index (χ0v) is 19.5. The highest BCUT2D eigenvalue weighted by molar-refractivity contribution is 7.89. The number of aromatic nitrogens is 2. The second kappa shape index (κ2) is 8.36. The Hall–Kier alpha value is -2.84. The molecule has 164 valence electrons. The maximum atomic E-state index is 13.1. The van der Waals surface area contributed by atoms with Gasteiger partial charge in [-0.15, -0.1) is 0 Å². The molecule has 0 unspecified atom stereocenters. The second-order valence-electron chi connectivity index (χ2n) is 8.74. The highest BCUT2D eigenvalue weighted by Crippen LogP contribution is 2.20. The quantitative estimate of drug-likeness (QED) is 0.654. The van der Waals surface area contributed by atoms with Crippen LogP contribution in [0.15, 0.2) is 47.4 Å². The maximum absolute atomic E-state index is 13.1. The molecule has 7 nitrogen and oxygen atoms in total. The number of carbonyl (C=O) groups excluding carboxylic acids is 1. The molecule has 0 aliphatic heterocycles. The Morgan fingerprint density at radius 2 is 1.74 bits per heavy atom. The highest BCUT2D eigenvalue weighted by Gasteiger charge is 2.24. The third kappa shape index (κ3) is 5.26. The minimum Gasteiger partial charge on any atom is -0.334 e. The summed E-state index contributed by atoms with van der Waals surface area (Å²) < 4.78 is 28.0. The van der Waals surface area contributed by atoms with Crippen LogP contribution in [0.25, 0.3) is 10.9 Å². The summed E-state index contributed by atoms with van der Waals surface area (Å²) in [6.45, 7) is 9.21. The predicted octanol–water partition coefficient (Wildman–Crippen LogP) is 3.60. The smallest absolute Gasteiger partial charge is 0.254 e. The second-order valence-corrected chi connectivity index (χ2v) is 10.4. The van der Waals surface area contributed by atoms with Gasteiger partial charge in [0.05, 0.1) is 17.0 Å². The number of sulfonamides is 1. The van der Waals surface area contributed by atoms with Crippen LogP contribution in [0.4, 0.5) is 0 Å². The summed E-state index contributed by atoms with van der Waals surface area (Å²) in [7, 11) is -2.09. The molecule has 0 aliphatic carbocycles. The van der Waals surface area contributed by atoms with Gasteiger partial charge in [-0.05, 0) is 58.4 Å². The van der Waals surface area contributed by atoms with Crippen LogP contribution in [-0.2, 0) is 16.6 Å². The fourth-order valence-electron chi connectivity index (χ4n) is 3.32. The van der Waals surface area contributed by atoms with Gasteiger partial charge in [0.2, 0.25) is 10.0 Å². The van der Waals surface area contributed by atoms with Crippen molar-refractivity contribution < 1.29 is 13.2 Å². The molecule has 0 bridgehead atoms. The monoisotopic (exact) mass is 440 g/mol. The molecular formula is C23H28N4O3S. The van der Waals surface area contributed by atoms with Crippen LogP contribution in [0.1, 0.15) is 48.2 Å². The summed E-state index contributed by atoms with van der Waals surface area (Å²) in [5, 5.41) is 0.973. The molecule has 0 spiro atoms. The number of rotatable bonds is 5. The molecule has 8 heteroatoms. The predicted molar refractivity (Wildman–Crippen MR) is 121 cm³/mol. The van der Waals surface area contributed by atoms with E-state index in [0.29, 0.717) is 17.0 Å². The largest absolute Gasteiger partial charge is 0.334 e. The van der Waals surface area contributed by atoms with Crippen molar-refractivity contribution in [1.29, 1.82) is 0 Å². The van der Waals surface area contributed by atoms with Crippen molar-refractivity contribution in [2.24, 2.45) is 0 Å². The fourth-order valence-corrected chi connectivity index (χ4v) is 4.76. The van der Waals surface area contributed by atoms with Gasteiger partial charge in [0.1, 0.15) is 5.82 Å². The number of nitrogens with zero attached hydrogens (tertiary/aromatic N) is 3. The van der Waals surface area contributed by atoms with E-state index in [1.54, 1.807) is 40.8 Å². The molecule has 3 rings (SSSR count). The first kappa shape index (κ1) is 22.8. The molecular weight excluding hydrogens is 412 g/mol. The van der Waals surface area contributed by atoms with E-state index >= 15 is 0 Å². The minimum absolute atomic E-state index is 0.0579.